The average molecular weight is 272 g/mol. The normalized spacial score (nSPS) is 10.6. The van der Waals surface area contributed by atoms with E-state index in [1.807, 2.05) is 0 Å². The zero-order valence-electron chi connectivity index (χ0n) is 6.52. The maximum Gasteiger partial charge on any atom is 0.270 e. The van der Waals surface area contributed by atoms with Crippen LogP contribution in [0.25, 0.3) is 0 Å². The number of rotatable bonds is 2. The van der Waals surface area contributed by atoms with Gasteiger partial charge in [-0.3, -0.25) is 0 Å². The van der Waals surface area contributed by atoms with Crippen molar-refractivity contribution < 1.29 is 13.5 Å². The van der Waals surface area contributed by atoms with E-state index in [1.54, 1.807) is 0 Å². The van der Waals surface area contributed by atoms with Crippen LogP contribution in [-0.2, 0) is 0 Å². The molecule has 13 heavy (non-hydrogen) atoms. The van der Waals surface area contributed by atoms with E-state index in [-0.39, 0.29) is 21.1 Å². The van der Waals surface area contributed by atoms with E-state index in [1.165, 1.54) is 13.2 Å². The van der Waals surface area contributed by atoms with Crippen molar-refractivity contribution in [3.8, 4) is 5.75 Å². The first kappa shape index (κ1) is 10.7. The number of aromatic nitrogens is 1. The standard InChI is InChI=1S/C7H5BrClF2NO/c1-13-3-2-4(9)12-6(8)5(3)7(10)11/h2,7H,1H3. The predicted molar refractivity (Wildman–Crippen MR) is 48.5 cm³/mol. The Morgan fingerprint density at radius 1 is 1.62 bits per heavy atom. The molecule has 0 saturated carbocycles. The van der Waals surface area contributed by atoms with Gasteiger partial charge in [-0.2, -0.15) is 0 Å². The molecule has 6 heteroatoms. The van der Waals surface area contributed by atoms with Gasteiger partial charge < -0.3 is 4.74 Å². The summed E-state index contributed by atoms with van der Waals surface area (Å²) in [5.41, 5.74) is -0.285. The lowest BCUT2D eigenvalue weighted by Crippen LogP contribution is -1.96. The highest BCUT2D eigenvalue weighted by Crippen LogP contribution is 2.35. The minimum Gasteiger partial charge on any atom is -0.496 e. The number of halogens is 4. The molecule has 0 saturated heterocycles. The third-order valence-corrected chi connectivity index (χ3v) is 2.18. The molecule has 0 radical (unpaired) electrons. The second kappa shape index (κ2) is 4.19. The lowest BCUT2D eigenvalue weighted by molar-refractivity contribution is 0.145. The van der Waals surface area contributed by atoms with Crippen LogP contribution in [0.3, 0.4) is 0 Å². The average Bonchev–Trinajstić information content (AvgIpc) is 2.01. The molecule has 0 aliphatic heterocycles. The third kappa shape index (κ3) is 2.28. The molecule has 0 unspecified atom stereocenters. The lowest BCUT2D eigenvalue weighted by atomic mass is 10.3. The molecular formula is C7H5BrClF2NO. The van der Waals surface area contributed by atoms with E-state index in [9.17, 15) is 8.78 Å². The zero-order valence-corrected chi connectivity index (χ0v) is 8.86. The monoisotopic (exact) mass is 271 g/mol. The molecule has 0 amide bonds. The number of nitrogens with zero attached hydrogens (tertiary/aromatic N) is 1. The quantitative estimate of drug-likeness (QED) is 0.769. The third-order valence-electron chi connectivity index (χ3n) is 1.38. The van der Waals surface area contributed by atoms with Gasteiger partial charge in [0.2, 0.25) is 0 Å². The van der Waals surface area contributed by atoms with Gasteiger partial charge in [0.1, 0.15) is 15.5 Å². The van der Waals surface area contributed by atoms with E-state index in [0.29, 0.717) is 0 Å². The molecule has 0 aliphatic carbocycles. The van der Waals surface area contributed by atoms with Gasteiger partial charge in [-0.25, -0.2) is 13.8 Å². The Kier molecular flexibility index (Phi) is 3.44. The zero-order chi connectivity index (χ0) is 10.0. The molecule has 0 aliphatic rings. The van der Waals surface area contributed by atoms with Gasteiger partial charge in [-0.05, 0) is 15.9 Å². The van der Waals surface area contributed by atoms with E-state index in [4.69, 9.17) is 16.3 Å². The molecule has 0 bridgehead atoms. The lowest BCUT2D eigenvalue weighted by Gasteiger charge is -2.08. The largest absolute Gasteiger partial charge is 0.496 e. The summed E-state index contributed by atoms with van der Waals surface area (Å²) in [6.45, 7) is 0. The van der Waals surface area contributed by atoms with Crippen molar-refractivity contribution in [1.82, 2.24) is 4.98 Å². The second-order valence-electron chi connectivity index (χ2n) is 2.15. The molecule has 0 N–H and O–H groups in total. The molecule has 0 spiro atoms. The maximum absolute atomic E-state index is 12.4. The van der Waals surface area contributed by atoms with Crippen LogP contribution in [0.1, 0.15) is 12.0 Å². The van der Waals surface area contributed by atoms with Crippen molar-refractivity contribution in [2.75, 3.05) is 7.11 Å². The molecule has 1 aromatic heterocycles. The smallest absolute Gasteiger partial charge is 0.270 e. The number of hydrogen-bond acceptors (Lipinski definition) is 2. The second-order valence-corrected chi connectivity index (χ2v) is 3.29. The van der Waals surface area contributed by atoms with E-state index >= 15 is 0 Å². The Bertz CT molecular complexity index is 322. The van der Waals surface area contributed by atoms with Crippen LogP contribution in [0.15, 0.2) is 10.7 Å². The van der Waals surface area contributed by atoms with Gasteiger partial charge in [0.25, 0.3) is 6.43 Å². The van der Waals surface area contributed by atoms with Crippen LogP contribution in [0.4, 0.5) is 8.78 Å². The molecule has 0 atom stereocenters. The van der Waals surface area contributed by atoms with Gasteiger partial charge in [-0.1, -0.05) is 11.6 Å². The maximum atomic E-state index is 12.4. The fraction of sp³-hybridized carbons (Fsp3) is 0.286. The molecular weight excluding hydrogens is 267 g/mol. The minimum absolute atomic E-state index is 0.00634. The topological polar surface area (TPSA) is 22.1 Å². The SMILES string of the molecule is COc1cc(Cl)nc(Br)c1C(F)F. The van der Waals surface area contributed by atoms with Crippen molar-refractivity contribution in [3.63, 3.8) is 0 Å². The molecule has 72 valence electrons. The van der Waals surface area contributed by atoms with Gasteiger partial charge >= 0.3 is 0 Å². The Balaban J connectivity index is 3.30. The minimum atomic E-state index is -2.64. The number of pyridine rings is 1. The van der Waals surface area contributed by atoms with Crippen molar-refractivity contribution in [1.29, 1.82) is 0 Å². The van der Waals surface area contributed by atoms with Crippen LogP contribution >= 0.6 is 27.5 Å². The van der Waals surface area contributed by atoms with Crippen molar-refractivity contribution in [2.24, 2.45) is 0 Å². The molecule has 2 nitrogen and oxygen atoms in total. The highest BCUT2D eigenvalue weighted by molar-refractivity contribution is 9.10. The summed E-state index contributed by atoms with van der Waals surface area (Å²) in [6.07, 6.45) is -2.64. The van der Waals surface area contributed by atoms with Crippen molar-refractivity contribution in [2.45, 2.75) is 6.43 Å². The van der Waals surface area contributed by atoms with Crippen LogP contribution in [-0.4, -0.2) is 12.1 Å². The number of alkyl halides is 2. The molecule has 0 fully saturated rings. The first-order chi connectivity index (χ1) is 6.06. The van der Waals surface area contributed by atoms with Crippen LogP contribution < -0.4 is 4.74 Å². The van der Waals surface area contributed by atoms with Gasteiger partial charge in [0.05, 0.1) is 12.7 Å². The predicted octanol–water partition coefficient (Wildman–Crippen LogP) is 3.44. The summed E-state index contributed by atoms with van der Waals surface area (Å²) in [5, 5.41) is 0.105. The summed E-state index contributed by atoms with van der Waals surface area (Å²) in [5.74, 6) is 0.0295. The van der Waals surface area contributed by atoms with E-state index in [2.05, 4.69) is 20.9 Å². The summed E-state index contributed by atoms with van der Waals surface area (Å²) < 4.78 is 29.6. The molecule has 0 aromatic carbocycles. The summed E-state index contributed by atoms with van der Waals surface area (Å²) in [7, 11) is 1.30. The molecule has 1 aromatic rings. The molecule has 1 heterocycles. The number of hydrogen-bond donors (Lipinski definition) is 0. The first-order valence-electron chi connectivity index (χ1n) is 3.24. The highest BCUT2D eigenvalue weighted by atomic mass is 79.9. The summed E-state index contributed by atoms with van der Waals surface area (Å²) >= 11 is 8.42. The van der Waals surface area contributed by atoms with E-state index < -0.39 is 6.43 Å². The first-order valence-corrected chi connectivity index (χ1v) is 4.41. The van der Waals surface area contributed by atoms with Gasteiger partial charge in [0, 0.05) is 6.07 Å². The Labute approximate surface area is 87.0 Å². The van der Waals surface area contributed by atoms with Crippen LogP contribution in [0, 0.1) is 0 Å². The summed E-state index contributed by atoms with van der Waals surface area (Å²) in [4.78, 5) is 3.63. The number of methoxy groups -OCH3 is 1. The van der Waals surface area contributed by atoms with Crippen molar-refractivity contribution in [3.05, 3.63) is 21.4 Å². The number of ether oxygens (including phenoxy) is 1. The van der Waals surface area contributed by atoms with Crippen LogP contribution in [0.2, 0.25) is 5.15 Å². The fourth-order valence-electron chi connectivity index (χ4n) is 0.840. The van der Waals surface area contributed by atoms with Gasteiger partial charge in [-0.15, -0.1) is 0 Å². The Hall–Kier alpha value is -0.420. The fourth-order valence-corrected chi connectivity index (χ4v) is 1.69. The molecule has 1 rings (SSSR count). The Morgan fingerprint density at radius 2 is 2.23 bits per heavy atom. The van der Waals surface area contributed by atoms with E-state index in [0.717, 1.165) is 0 Å². The Morgan fingerprint density at radius 3 is 2.69 bits per heavy atom. The highest BCUT2D eigenvalue weighted by Gasteiger charge is 2.19. The van der Waals surface area contributed by atoms with Gasteiger partial charge in [0.15, 0.2) is 0 Å². The van der Waals surface area contributed by atoms with Crippen molar-refractivity contribution >= 4 is 27.5 Å². The van der Waals surface area contributed by atoms with Crippen LogP contribution in [0.5, 0.6) is 5.75 Å². The summed E-state index contributed by atoms with van der Waals surface area (Å²) in [6, 6.07) is 1.24.